The molecule has 1 nitrogen and oxygen atoms in total. The van der Waals surface area contributed by atoms with Crippen LogP contribution in [0.5, 0.6) is 0 Å². The normalized spacial score (nSPS) is 35.5. The number of rotatable bonds is 3. The fourth-order valence-electron chi connectivity index (χ4n) is 1.76. The maximum atomic E-state index is 10.8. The van der Waals surface area contributed by atoms with Crippen molar-refractivity contribution in [1.82, 2.24) is 0 Å². The average Bonchev–Trinajstić information content (AvgIpc) is 2.41. The Kier molecular flexibility index (Phi) is 1.91. The molecular formula is C10H16O. The third-order valence-electron chi connectivity index (χ3n) is 3.07. The van der Waals surface area contributed by atoms with Crippen molar-refractivity contribution in [1.29, 1.82) is 0 Å². The van der Waals surface area contributed by atoms with Crippen molar-refractivity contribution >= 4 is 5.78 Å². The molecule has 0 N–H and O–H groups in total. The van der Waals surface area contributed by atoms with Crippen molar-refractivity contribution in [3.8, 4) is 0 Å². The van der Waals surface area contributed by atoms with Crippen LogP contribution in [0.3, 0.4) is 0 Å². The fraction of sp³-hybridized carbons (Fsp3) is 0.700. The highest BCUT2D eigenvalue weighted by Crippen LogP contribution is 2.60. The van der Waals surface area contributed by atoms with Crippen LogP contribution >= 0.6 is 0 Å². The van der Waals surface area contributed by atoms with Gasteiger partial charge < -0.3 is 4.79 Å². The Hall–Kier alpha value is -0.590. The molecule has 2 atom stereocenters. The van der Waals surface area contributed by atoms with Gasteiger partial charge in [-0.3, -0.25) is 0 Å². The predicted octanol–water partition coefficient (Wildman–Crippen LogP) is 2.57. The lowest BCUT2D eigenvalue weighted by atomic mass is 10.0. The highest BCUT2D eigenvalue weighted by Gasteiger charge is 2.52. The molecule has 1 aliphatic carbocycles. The van der Waals surface area contributed by atoms with E-state index in [2.05, 4.69) is 20.4 Å². The summed E-state index contributed by atoms with van der Waals surface area (Å²) in [5.74, 6) is 0.762. The molecule has 1 heteroatoms. The van der Waals surface area contributed by atoms with E-state index in [4.69, 9.17) is 0 Å². The molecule has 1 saturated carbocycles. The standard InChI is InChI=1S/C10H16O/c1-5-10(4)8(3)9(10)6-7(2)11/h9H,3,5-6H2,1-2,4H3/t9-,10-/m0/s1. The van der Waals surface area contributed by atoms with Crippen molar-refractivity contribution in [2.45, 2.75) is 33.6 Å². The third kappa shape index (κ3) is 1.24. The van der Waals surface area contributed by atoms with Crippen LogP contribution < -0.4 is 0 Å². The average molecular weight is 152 g/mol. The smallest absolute Gasteiger partial charge is 0.130 e. The molecule has 1 rings (SSSR count). The summed E-state index contributed by atoms with van der Waals surface area (Å²) in [6, 6.07) is 0. The zero-order chi connectivity index (χ0) is 8.65. The van der Waals surface area contributed by atoms with E-state index in [0.717, 1.165) is 6.42 Å². The number of Topliss-reactive ketones (excluding diaryl/α,β-unsaturated/α-hetero) is 1. The SMILES string of the molecule is C=C1[C@H](CC(C)=O)[C@@]1(C)CC. The van der Waals surface area contributed by atoms with Crippen molar-refractivity contribution < 1.29 is 4.79 Å². The molecule has 1 fully saturated rings. The van der Waals surface area contributed by atoms with Gasteiger partial charge in [-0.25, -0.2) is 0 Å². The summed E-state index contributed by atoms with van der Waals surface area (Å²) in [5, 5.41) is 0. The Bertz CT molecular complexity index is 205. The van der Waals surface area contributed by atoms with Gasteiger partial charge in [-0.05, 0) is 24.7 Å². The first-order chi connectivity index (χ1) is 5.02. The van der Waals surface area contributed by atoms with E-state index in [-0.39, 0.29) is 11.2 Å². The zero-order valence-corrected chi connectivity index (χ0v) is 7.61. The fourth-order valence-corrected chi connectivity index (χ4v) is 1.76. The van der Waals surface area contributed by atoms with Gasteiger partial charge in [0.05, 0.1) is 0 Å². The van der Waals surface area contributed by atoms with Crippen LogP contribution in [0.25, 0.3) is 0 Å². The molecule has 0 amide bonds. The second-order valence-corrected chi connectivity index (χ2v) is 3.75. The molecule has 0 aliphatic heterocycles. The van der Waals surface area contributed by atoms with E-state index in [9.17, 15) is 4.79 Å². The van der Waals surface area contributed by atoms with E-state index in [1.54, 1.807) is 6.92 Å². The lowest BCUT2D eigenvalue weighted by Crippen LogP contribution is -1.99. The molecule has 0 aromatic heterocycles. The lowest BCUT2D eigenvalue weighted by molar-refractivity contribution is -0.117. The largest absolute Gasteiger partial charge is 0.300 e. The van der Waals surface area contributed by atoms with Crippen molar-refractivity contribution in [2.24, 2.45) is 11.3 Å². The van der Waals surface area contributed by atoms with Gasteiger partial charge in [-0.2, -0.15) is 0 Å². The number of hydrogen-bond donors (Lipinski definition) is 0. The second-order valence-electron chi connectivity index (χ2n) is 3.75. The molecule has 11 heavy (non-hydrogen) atoms. The first-order valence-corrected chi connectivity index (χ1v) is 4.21. The summed E-state index contributed by atoms with van der Waals surface area (Å²) in [4.78, 5) is 10.8. The van der Waals surface area contributed by atoms with Gasteiger partial charge in [0.2, 0.25) is 0 Å². The van der Waals surface area contributed by atoms with Gasteiger partial charge in [0.15, 0.2) is 0 Å². The minimum atomic E-state index is 0.283. The Morgan fingerprint density at radius 1 is 1.73 bits per heavy atom. The Morgan fingerprint density at radius 2 is 2.27 bits per heavy atom. The first-order valence-electron chi connectivity index (χ1n) is 4.21. The minimum absolute atomic E-state index is 0.283. The van der Waals surface area contributed by atoms with Gasteiger partial charge in [-0.1, -0.05) is 26.0 Å². The molecular weight excluding hydrogens is 136 g/mol. The van der Waals surface area contributed by atoms with E-state index < -0.39 is 0 Å². The molecule has 0 aromatic rings. The number of ketones is 1. The van der Waals surface area contributed by atoms with Crippen molar-refractivity contribution in [3.63, 3.8) is 0 Å². The monoisotopic (exact) mass is 152 g/mol. The summed E-state index contributed by atoms with van der Waals surface area (Å²) >= 11 is 0. The van der Waals surface area contributed by atoms with Crippen LogP contribution in [-0.4, -0.2) is 5.78 Å². The maximum absolute atomic E-state index is 10.8. The van der Waals surface area contributed by atoms with E-state index >= 15 is 0 Å². The molecule has 0 radical (unpaired) electrons. The third-order valence-corrected chi connectivity index (χ3v) is 3.07. The second kappa shape index (κ2) is 2.47. The first kappa shape index (κ1) is 8.51. The van der Waals surface area contributed by atoms with E-state index in [1.807, 2.05) is 0 Å². The Morgan fingerprint density at radius 3 is 2.55 bits per heavy atom. The van der Waals surface area contributed by atoms with Crippen LogP contribution in [0, 0.1) is 11.3 Å². The van der Waals surface area contributed by atoms with Crippen LogP contribution in [0.1, 0.15) is 33.6 Å². The summed E-state index contributed by atoms with van der Waals surface area (Å²) < 4.78 is 0. The molecule has 0 unspecified atom stereocenters. The minimum Gasteiger partial charge on any atom is -0.300 e. The highest BCUT2D eigenvalue weighted by atomic mass is 16.1. The van der Waals surface area contributed by atoms with Gasteiger partial charge in [-0.15, -0.1) is 0 Å². The van der Waals surface area contributed by atoms with Crippen molar-refractivity contribution in [3.05, 3.63) is 12.2 Å². The van der Waals surface area contributed by atoms with Gasteiger partial charge in [0.25, 0.3) is 0 Å². The summed E-state index contributed by atoms with van der Waals surface area (Å²) in [6.07, 6.45) is 1.81. The number of carbonyl (C=O) groups is 1. The van der Waals surface area contributed by atoms with Gasteiger partial charge in [0, 0.05) is 6.42 Å². The van der Waals surface area contributed by atoms with Crippen LogP contribution in [0.2, 0.25) is 0 Å². The van der Waals surface area contributed by atoms with Crippen molar-refractivity contribution in [2.75, 3.05) is 0 Å². The number of carbonyl (C=O) groups excluding carboxylic acids is 1. The summed E-state index contributed by atoms with van der Waals surface area (Å²) in [5.41, 5.74) is 1.56. The number of allylic oxidation sites excluding steroid dienone is 1. The Labute approximate surface area is 68.5 Å². The summed E-state index contributed by atoms with van der Waals surface area (Å²) in [6.45, 7) is 9.98. The predicted molar refractivity (Wildman–Crippen MR) is 46.3 cm³/mol. The molecule has 0 aromatic carbocycles. The van der Waals surface area contributed by atoms with Gasteiger partial charge >= 0.3 is 0 Å². The number of hydrogen-bond acceptors (Lipinski definition) is 1. The Balaban J connectivity index is 2.54. The lowest BCUT2D eigenvalue weighted by Gasteiger charge is -2.03. The molecule has 0 heterocycles. The molecule has 0 spiro atoms. The zero-order valence-electron chi connectivity index (χ0n) is 7.61. The quantitative estimate of drug-likeness (QED) is 0.568. The molecule has 1 aliphatic rings. The van der Waals surface area contributed by atoms with Crippen LogP contribution in [0.15, 0.2) is 12.2 Å². The molecule has 0 bridgehead atoms. The van der Waals surface area contributed by atoms with E-state index in [0.29, 0.717) is 12.3 Å². The van der Waals surface area contributed by atoms with Crippen LogP contribution in [0.4, 0.5) is 0 Å². The molecule has 62 valence electrons. The topological polar surface area (TPSA) is 17.1 Å². The van der Waals surface area contributed by atoms with Crippen LogP contribution in [-0.2, 0) is 4.79 Å². The maximum Gasteiger partial charge on any atom is 0.130 e. The molecule has 0 saturated heterocycles. The van der Waals surface area contributed by atoms with Gasteiger partial charge in [0.1, 0.15) is 5.78 Å². The highest BCUT2D eigenvalue weighted by molar-refractivity contribution is 5.77. The summed E-state index contributed by atoms with van der Waals surface area (Å²) in [7, 11) is 0. The van der Waals surface area contributed by atoms with E-state index in [1.165, 1.54) is 5.57 Å².